The van der Waals surface area contributed by atoms with Gasteiger partial charge in [-0.25, -0.2) is 8.42 Å². The van der Waals surface area contributed by atoms with Crippen LogP contribution in [0.4, 0.5) is 0 Å². The highest BCUT2D eigenvalue weighted by Crippen LogP contribution is 2.28. The van der Waals surface area contributed by atoms with Crippen molar-refractivity contribution in [1.82, 2.24) is 4.31 Å². The highest BCUT2D eigenvalue weighted by Gasteiger charge is 2.21. The largest absolute Gasteiger partial charge is 0.243 e. The highest BCUT2D eigenvalue weighted by molar-refractivity contribution is 7.98. The van der Waals surface area contributed by atoms with Crippen LogP contribution in [0.2, 0.25) is 0 Å². The Labute approximate surface area is 143 Å². The van der Waals surface area contributed by atoms with Gasteiger partial charge in [0.1, 0.15) is 0 Å². The van der Waals surface area contributed by atoms with E-state index in [1.165, 1.54) is 9.87 Å². The fourth-order valence-electron chi connectivity index (χ4n) is 2.39. The second-order valence-corrected chi connectivity index (χ2v) is 8.25. The number of hydrogen-bond acceptors (Lipinski definition) is 3. The van der Waals surface area contributed by atoms with Gasteiger partial charge < -0.3 is 0 Å². The molecule has 0 fully saturated rings. The second kappa shape index (κ2) is 7.99. The monoisotopic (exact) mass is 349 g/mol. The molecular weight excluding hydrogens is 326 g/mol. The van der Waals surface area contributed by atoms with Crippen LogP contribution < -0.4 is 0 Å². The number of thioether (sulfide) groups is 1. The van der Waals surface area contributed by atoms with Gasteiger partial charge in [-0.3, -0.25) is 0 Å². The molecule has 3 nitrogen and oxygen atoms in total. The molecule has 0 bridgehead atoms. The highest BCUT2D eigenvalue weighted by atomic mass is 32.2. The molecule has 2 aromatic carbocycles. The maximum Gasteiger partial charge on any atom is 0.243 e. The first-order valence-electron chi connectivity index (χ1n) is 7.76. The van der Waals surface area contributed by atoms with Crippen LogP contribution in [0.15, 0.2) is 58.3 Å². The van der Waals surface area contributed by atoms with Crippen LogP contribution in [0, 0.1) is 6.92 Å². The maximum atomic E-state index is 12.6. The Balaban J connectivity index is 2.18. The number of hydrogen-bond donors (Lipinski definition) is 0. The Bertz CT molecular complexity index is 739. The topological polar surface area (TPSA) is 37.4 Å². The quantitative estimate of drug-likeness (QED) is 0.699. The zero-order valence-corrected chi connectivity index (χ0v) is 15.5. The normalized spacial score (nSPS) is 11.8. The lowest BCUT2D eigenvalue weighted by atomic mass is 10.2. The molecule has 0 radical (unpaired) electrons. The van der Waals surface area contributed by atoms with E-state index in [0.717, 1.165) is 16.2 Å². The van der Waals surface area contributed by atoms with Gasteiger partial charge >= 0.3 is 0 Å². The molecule has 0 aliphatic heterocycles. The molecule has 0 aliphatic carbocycles. The van der Waals surface area contributed by atoms with Crippen molar-refractivity contribution >= 4 is 21.8 Å². The molecule has 5 heteroatoms. The summed E-state index contributed by atoms with van der Waals surface area (Å²) in [6.07, 6.45) is 0. The maximum absolute atomic E-state index is 12.6. The number of nitrogens with zero attached hydrogens (tertiary/aromatic N) is 1. The minimum absolute atomic E-state index is 0.378. The van der Waals surface area contributed by atoms with Gasteiger partial charge in [-0.15, -0.1) is 11.8 Å². The van der Waals surface area contributed by atoms with Crippen LogP contribution in [0.25, 0.3) is 0 Å². The second-order valence-electron chi connectivity index (χ2n) is 5.29. The van der Waals surface area contributed by atoms with Crippen molar-refractivity contribution in [1.29, 1.82) is 0 Å². The van der Waals surface area contributed by atoms with Crippen LogP contribution in [-0.4, -0.2) is 25.8 Å². The van der Waals surface area contributed by atoms with Gasteiger partial charge in [-0.05, 0) is 36.2 Å². The molecule has 0 aromatic heterocycles. The fraction of sp³-hybridized carbons (Fsp3) is 0.333. The molecule has 2 rings (SSSR count). The Morgan fingerprint density at radius 1 is 1.00 bits per heavy atom. The van der Waals surface area contributed by atoms with Gasteiger partial charge in [0.05, 0.1) is 4.90 Å². The number of aryl methyl sites for hydroxylation is 1. The molecule has 0 atom stereocenters. The van der Waals surface area contributed by atoms with E-state index >= 15 is 0 Å². The fourth-order valence-corrected chi connectivity index (χ4v) is 4.90. The van der Waals surface area contributed by atoms with Crippen molar-refractivity contribution in [3.63, 3.8) is 0 Å². The third-order valence-corrected chi connectivity index (χ3v) is 7.02. The first-order valence-corrected chi connectivity index (χ1v) is 10.2. The molecule has 0 N–H and O–H groups in total. The lowest BCUT2D eigenvalue weighted by Crippen LogP contribution is -2.30. The predicted octanol–water partition coefficient (Wildman–Crippen LogP) is 4.32. The summed E-state index contributed by atoms with van der Waals surface area (Å²) in [5.74, 6) is 0.879. The van der Waals surface area contributed by atoms with Crippen LogP contribution in [0.3, 0.4) is 0 Å². The van der Waals surface area contributed by atoms with Crippen molar-refractivity contribution < 1.29 is 8.42 Å². The average molecular weight is 350 g/mol. The van der Waals surface area contributed by atoms with Gasteiger partial charge in [0.15, 0.2) is 0 Å². The summed E-state index contributed by atoms with van der Waals surface area (Å²) >= 11 is 1.73. The summed E-state index contributed by atoms with van der Waals surface area (Å²) in [5.41, 5.74) is 2.26. The molecule has 2 aromatic rings. The van der Waals surface area contributed by atoms with E-state index in [1.54, 1.807) is 23.9 Å². The predicted molar refractivity (Wildman–Crippen MR) is 97.3 cm³/mol. The van der Waals surface area contributed by atoms with E-state index in [1.807, 2.05) is 45.0 Å². The molecular formula is C18H23NO2S2. The number of sulfonamides is 1. The summed E-state index contributed by atoms with van der Waals surface area (Å²) in [4.78, 5) is 1.50. The van der Waals surface area contributed by atoms with Crippen LogP contribution in [0.5, 0.6) is 0 Å². The van der Waals surface area contributed by atoms with Crippen molar-refractivity contribution in [2.75, 3.05) is 13.1 Å². The summed E-state index contributed by atoms with van der Waals surface area (Å²) in [5, 5.41) is 0. The van der Waals surface area contributed by atoms with Gasteiger partial charge in [0.25, 0.3) is 0 Å². The average Bonchev–Trinajstić information content (AvgIpc) is 2.55. The molecule has 0 unspecified atom stereocenters. The van der Waals surface area contributed by atoms with Gasteiger partial charge in [0, 0.05) is 23.7 Å². The molecule has 0 saturated heterocycles. The lowest BCUT2D eigenvalue weighted by Gasteiger charge is -2.19. The summed E-state index contributed by atoms with van der Waals surface area (Å²) in [6, 6.07) is 15.7. The van der Waals surface area contributed by atoms with E-state index in [0.29, 0.717) is 18.0 Å². The molecule has 0 amide bonds. The van der Waals surface area contributed by atoms with Crippen molar-refractivity contribution in [2.24, 2.45) is 0 Å². The van der Waals surface area contributed by atoms with Gasteiger partial charge in [-0.1, -0.05) is 44.2 Å². The Morgan fingerprint density at radius 2 is 1.65 bits per heavy atom. The summed E-state index contributed by atoms with van der Waals surface area (Å²) in [6.45, 7) is 6.66. The SMILES string of the molecule is CCN(CC)S(=O)(=O)c1ccc(SCc2ccccc2)c(C)c1. The van der Waals surface area contributed by atoms with Crippen molar-refractivity contribution in [3.8, 4) is 0 Å². The van der Waals surface area contributed by atoms with Crippen LogP contribution in [-0.2, 0) is 15.8 Å². The van der Waals surface area contributed by atoms with Gasteiger partial charge in [-0.2, -0.15) is 4.31 Å². The molecule has 0 heterocycles. The minimum Gasteiger partial charge on any atom is -0.207 e. The van der Waals surface area contributed by atoms with E-state index < -0.39 is 10.0 Å². The van der Waals surface area contributed by atoms with E-state index in [-0.39, 0.29) is 0 Å². The number of benzene rings is 2. The smallest absolute Gasteiger partial charge is 0.207 e. The first-order chi connectivity index (χ1) is 11.0. The Hall–Kier alpha value is -1.30. The lowest BCUT2D eigenvalue weighted by molar-refractivity contribution is 0.445. The minimum atomic E-state index is -3.38. The molecule has 124 valence electrons. The molecule has 0 saturated carbocycles. The Morgan fingerprint density at radius 3 is 2.22 bits per heavy atom. The zero-order valence-electron chi connectivity index (χ0n) is 13.8. The standard InChI is InChI=1S/C18H23NO2S2/c1-4-19(5-2)23(20,21)17-11-12-18(15(3)13-17)22-14-16-9-7-6-8-10-16/h6-13H,4-5,14H2,1-3H3. The van der Waals surface area contributed by atoms with Crippen LogP contribution >= 0.6 is 11.8 Å². The van der Waals surface area contributed by atoms with Gasteiger partial charge in [0.2, 0.25) is 10.0 Å². The molecule has 0 aliphatic rings. The van der Waals surface area contributed by atoms with E-state index in [4.69, 9.17) is 0 Å². The summed E-state index contributed by atoms with van der Waals surface area (Å²) in [7, 11) is -3.38. The first kappa shape index (κ1) is 18.0. The zero-order chi connectivity index (χ0) is 16.9. The number of rotatable bonds is 7. The third-order valence-electron chi connectivity index (χ3n) is 3.73. The summed E-state index contributed by atoms with van der Waals surface area (Å²) < 4.78 is 26.6. The molecule has 23 heavy (non-hydrogen) atoms. The van der Waals surface area contributed by atoms with Crippen molar-refractivity contribution in [3.05, 3.63) is 59.7 Å². The van der Waals surface area contributed by atoms with Crippen molar-refractivity contribution in [2.45, 2.75) is 36.3 Å². The molecule has 0 spiro atoms. The third kappa shape index (κ3) is 4.37. The van der Waals surface area contributed by atoms with E-state index in [2.05, 4.69) is 12.1 Å². The van der Waals surface area contributed by atoms with E-state index in [9.17, 15) is 8.42 Å². The van der Waals surface area contributed by atoms with Crippen LogP contribution in [0.1, 0.15) is 25.0 Å². The Kier molecular flexibility index (Phi) is 6.27.